The molecule has 0 saturated heterocycles. The summed E-state index contributed by atoms with van der Waals surface area (Å²) in [5.74, 6) is -0.207. The minimum atomic E-state index is -0.910. The van der Waals surface area contributed by atoms with Gasteiger partial charge in [-0.15, -0.1) is 0 Å². The SMILES string of the molecule is CCOCC(C)(N)c1noc(-c2cc(Cl)ccc2F)n1. The molecule has 0 aliphatic rings. The van der Waals surface area contributed by atoms with Crippen LogP contribution < -0.4 is 5.73 Å². The average molecular weight is 300 g/mol. The van der Waals surface area contributed by atoms with Gasteiger partial charge in [-0.05, 0) is 32.0 Å². The minimum absolute atomic E-state index is 0.0353. The van der Waals surface area contributed by atoms with Crippen LogP contribution in [0.3, 0.4) is 0 Å². The topological polar surface area (TPSA) is 74.2 Å². The predicted octanol–water partition coefficient (Wildman–Crippen LogP) is 2.74. The maximum atomic E-state index is 13.7. The van der Waals surface area contributed by atoms with Crippen LogP contribution in [0.1, 0.15) is 19.7 Å². The van der Waals surface area contributed by atoms with Gasteiger partial charge >= 0.3 is 0 Å². The molecule has 2 N–H and O–H groups in total. The van der Waals surface area contributed by atoms with Gasteiger partial charge < -0.3 is 15.0 Å². The summed E-state index contributed by atoms with van der Waals surface area (Å²) in [6.45, 7) is 4.34. The third-order valence-corrected chi connectivity index (χ3v) is 2.94. The molecule has 5 nitrogen and oxygen atoms in total. The number of halogens is 2. The molecule has 0 amide bonds. The Bertz CT molecular complexity index is 601. The Balaban J connectivity index is 2.31. The van der Waals surface area contributed by atoms with Crippen LogP contribution in [0.15, 0.2) is 22.7 Å². The van der Waals surface area contributed by atoms with E-state index in [-0.39, 0.29) is 23.9 Å². The number of hydrogen-bond acceptors (Lipinski definition) is 5. The quantitative estimate of drug-likeness (QED) is 0.919. The van der Waals surface area contributed by atoms with Gasteiger partial charge in [-0.1, -0.05) is 16.8 Å². The first kappa shape index (κ1) is 14.9. The highest BCUT2D eigenvalue weighted by Gasteiger charge is 2.28. The monoisotopic (exact) mass is 299 g/mol. The van der Waals surface area contributed by atoms with E-state index in [1.165, 1.54) is 18.2 Å². The normalized spacial score (nSPS) is 14.2. The lowest BCUT2D eigenvalue weighted by molar-refractivity contribution is 0.0962. The highest BCUT2D eigenvalue weighted by Crippen LogP contribution is 2.26. The van der Waals surface area contributed by atoms with Gasteiger partial charge in [0.2, 0.25) is 0 Å². The van der Waals surface area contributed by atoms with E-state index >= 15 is 0 Å². The predicted molar refractivity (Wildman–Crippen MR) is 72.7 cm³/mol. The molecule has 0 radical (unpaired) electrons. The molecular weight excluding hydrogens is 285 g/mol. The Kier molecular flexibility index (Phi) is 4.37. The van der Waals surface area contributed by atoms with Gasteiger partial charge in [0.1, 0.15) is 11.4 Å². The van der Waals surface area contributed by atoms with Gasteiger partial charge in [0.05, 0.1) is 12.2 Å². The molecule has 0 spiro atoms. The molecule has 0 aliphatic heterocycles. The summed E-state index contributed by atoms with van der Waals surface area (Å²) in [5, 5.41) is 4.17. The molecule has 108 valence electrons. The highest BCUT2D eigenvalue weighted by atomic mass is 35.5. The fraction of sp³-hybridized carbons (Fsp3) is 0.385. The molecule has 1 aromatic carbocycles. The maximum absolute atomic E-state index is 13.7. The zero-order valence-electron chi connectivity index (χ0n) is 11.2. The third kappa shape index (κ3) is 3.15. The molecule has 7 heteroatoms. The van der Waals surface area contributed by atoms with E-state index in [2.05, 4.69) is 10.1 Å². The first-order chi connectivity index (χ1) is 9.44. The average Bonchev–Trinajstić information content (AvgIpc) is 2.89. The van der Waals surface area contributed by atoms with Crippen molar-refractivity contribution in [2.45, 2.75) is 19.4 Å². The lowest BCUT2D eigenvalue weighted by atomic mass is 10.1. The molecule has 20 heavy (non-hydrogen) atoms. The van der Waals surface area contributed by atoms with Crippen molar-refractivity contribution in [2.24, 2.45) is 5.73 Å². The summed E-state index contributed by atoms with van der Waals surface area (Å²) in [6, 6.07) is 4.10. The molecule has 1 heterocycles. The van der Waals surface area contributed by atoms with Crippen molar-refractivity contribution in [3.8, 4) is 11.5 Å². The standard InChI is InChI=1S/C13H15ClFN3O2/c1-3-19-7-13(2,16)12-17-11(20-18-12)9-6-8(14)4-5-10(9)15/h4-6H,3,7,16H2,1-2H3. The van der Waals surface area contributed by atoms with Gasteiger partial charge in [0, 0.05) is 11.6 Å². The molecule has 0 fully saturated rings. The maximum Gasteiger partial charge on any atom is 0.261 e. The van der Waals surface area contributed by atoms with Crippen LogP contribution >= 0.6 is 11.6 Å². The second kappa shape index (κ2) is 5.87. The van der Waals surface area contributed by atoms with Crippen molar-refractivity contribution >= 4 is 11.6 Å². The molecular formula is C13H15ClFN3O2. The summed E-state index contributed by atoms with van der Waals surface area (Å²) in [4.78, 5) is 4.13. The number of rotatable bonds is 5. The fourth-order valence-electron chi connectivity index (χ4n) is 1.60. The highest BCUT2D eigenvalue weighted by molar-refractivity contribution is 6.30. The van der Waals surface area contributed by atoms with Crippen LogP contribution in [0.2, 0.25) is 5.02 Å². The number of hydrogen-bond donors (Lipinski definition) is 1. The minimum Gasteiger partial charge on any atom is -0.379 e. The van der Waals surface area contributed by atoms with Crippen molar-refractivity contribution in [1.29, 1.82) is 0 Å². The first-order valence-electron chi connectivity index (χ1n) is 6.10. The summed E-state index contributed by atoms with van der Waals surface area (Å²) >= 11 is 5.83. The molecule has 1 unspecified atom stereocenters. The van der Waals surface area contributed by atoms with Crippen molar-refractivity contribution in [1.82, 2.24) is 10.1 Å². The largest absolute Gasteiger partial charge is 0.379 e. The zero-order valence-corrected chi connectivity index (χ0v) is 11.9. The molecule has 2 aromatic rings. The van der Waals surface area contributed by atoms with Gasteiger partial charge in [0.25, 0.3) is 5.89 Å². The summed E-state index contributed by atoms with van der Waals surface area (Å²) in [7, 11) is 0. The Morgan fingerprint density at radius 2 is 2.25 bits per heavy atom. The summed E-state index contributed by atoms with van der Waals surface area (Å²) < 4.78 is 24.0. The Morgan fingerprint density at radius 1 is 1.50 bits per heavy atom. The number of nitrogens with zero attached hydrogens (tertiary/aromatic N) is 2. The number of aromatic nitrogens is 2. The molecule has 1 aromatic heterocycles. The van der Waals surface area contributed by atoms with Crippen molar-refractivity contribution in [2.75, 3.05) is 13.2 Å². The van der Waals surface area contributed by atoms with Crippen LogP contribution in [0.25, 0.3) is 11.5 Å². The van der Waals surface area contributed by atoms with Crippen LogP contribution in [0, 0.1) is 5.82 Å². The van der Waals surface area contributed by atoms with E-state index in [1.807, 2.05) is 6.92 Å². The van der Waals surface area contributed by atoms with Crippen LogP contribution in [0.4, 0.5) is 4.39 Å². The second-order valence-corrected chi connectivity index (χ2v) is 5.04. The van der Waals surface area contributed by atoms with Gasteiger partial charge in [-0.3, -0.25) is 0 Å². The van der Waals surface area contributed by atoms with Crippen molar-refractivity contribution in [3.63, 3.8) is 0 Å². The summed E-state index contributed by atoms with van der Waals surface area (Å²) in [6.07, 6.45) is 0. The van der Waals surface area contributed by atoms with E-state index in [1.54, 1.807) is 6.92 Å². The number of nitrogens with two attached hydrogens (primary N) is 1. The Hall–Kier alpha value is -1.50. The van der Waals surface area contributed by atoms with Gasteiger partial charge in [0.15, 0.2) is 5.82 Å². The molecule has 0 aliphatic carbocycles. The van der Waals surface area contributed by atoms with E-state index in [9.17, 15) is 4.39 Å². The Morgan fingerprint density at radius 3 is 2.95 bits per heavy atom. The first-order valence-corrected chi connectivity index (χ1v) is 6.48. The van der Waals surface area contributed by atoms with Crippen molar-refractivity contribution < 1.29 is 13.7 Å². The molecule has 2 rings (SSSR count). The van der Waals surface area contributed by atoms with E-state index in [4.69, 9.17) is 26.6 Å². The zero-order chi connectivity index (χ0) is 14.8. The van der Waals surface area contributed by atoms with Crippen molar-refractivity contribution in [3.05, 3.63) is 34.9 Å². The number of ether oxygens (including phenoxy) is 1. The lowest BCUT2D eigenvalue weighted by Gasteiger charge is -2.19. The third-order valence-electron chi connectivity index (χ3n) is 2.70. The lowest BCUT2D eigenvalue weighted by Crippen LogP contribution is -2.39. The summed E-state index contributed by atoms with van der Waals surface area (Å²) in [5.41, 5.74) is 5.29. The van der Waals surface area contributed by atoms with E-state index < -0.39 is 11.4 Å². The van der Waals surface area contributed by atoms with E-state index in [0.717, 1.165) is 0 Å². The van der Waals surface area contributed by atoms with E-state index in [0.29, 0.717) is 11.6 Å². The fourth-order valence-corrected chi connectivity index (χ4v) is 1.78. The second-order valence-electron chi connectivity index (χ2n) is 4.60. The van der Waals surface area contributed by atoms with Crippen LogP contribution in [0.5, 0.6) is 0 Å². The van der Waals surface area contributed by atoms with Crippen LogP contribution in [-0.2, 0) is 10.3 Å². The Labute approximate surface area is 120 Å². The van der Waals surface area contributed by atoms with Gasteiger partial charge in [-0.25, -0.2) is 4.39 Å². The molecule has 0 saturated carbocycles. The smallest absolute Gasteiger partial charge is 0.261 e. The number of benzene rings is 1. The molecule has 0 bridgehead atoms. The van der Waals surface area contributed by atoms with Gasteiger partial charge in [-0.2, -0.15) is 4.98 Å². The molecule has 1 atom stereocenters. The van der Waals surface area contributed by atoms with Crippen LogP contribution in [-0.4, -0.2) is 23.4 Å².